The Morgan fingerprint density at radius 3 is 2.24 bits per heavy atom. The minimum atomic E-state index is -0.0377. The molecule has 0 aromatic heterocycles. The second kappa shape index (κ2) is 6.40. The lowest BCUT2D eigenvalue weighted by atomic mass is 10.1. The van der Waals surface area contributed by atoms with Crippen LogP contribution in [0.4, 0.5) is 5.69 Å². The van der Waals surface area contributed by atoms with Crippen molar-refractivity contribution >= 4 is 11.6 Å². The van der Waals surface area contributed by atoms with Crippen LogP contribution in [0.5, 0.6) is 0 Å². The summed E-state index contributed by atoms with van der Waals surface area (Å²) in [5.74, 6) is 0.595. The van der Waals surface area contributed by atoms with Gasteiger partial charge in [0.05, 0.1) is 0 Å². The van der Waals surface area contributed by atoms with E-state index in [9.17, 15) is 4.79 Å². The molecular formula is C14H22N2O. The molecule has 1 amide bonds. The number of hydrogen-bond acceptors (Lipinski definition) is 2. The highest BCUT2D eigenvalue weighted by molar-refractivity contribution is 5.88. The highest BCUT2D eigenvalue weighted by Crippen LogP contribution is 2.10. The van der Waals surface area contributed by atoms with E-state index < -0.39 is 0 Å². The molecule has 2 N–H and O–H groups in total. The van der Waals surface area contributed by atoms with Gasteiger partial charge in [0.15, 0.2) is 0 Å². The maximum absolute atomic E-state index is 10.9. The summed E-state index contributed by atoms with van der Waals surface area (Å²) in [6, 6.07) is 8.43. The largest absolute Gasteiger partial charge is 0.326 e. The van der Waals surface area contributed by atoms with Gasteiger partial charge >= 0.3 is 0 Å². The number of benzene rings is 1. The van der Waals surface area contributed by atoms with E-state index in [1.54, 1.807) is 0 Å². The molecule has 94 valence electrons. The van der Waals surface area contributed by atoms with E-state index >= 15 is 0 Å². The normalized spacial score (nSPS) is 12.5. The number of carbonyl (C=O) groups is 1. The van der Waals surface area contributed by atoms with Gasteiger partial charge in [0.25, 0.3) is 0 Å². The number of rotatable bonds is 5. The summed E-state index contributed by atoms with van der Waals surface area (Å²) in [5, 5.41) is 6.23. The maximum atomic E-state index is 10.9. The zero-order valence-electron chi connectivity index (χ0n) is 11.1. The fourth-order valence-electron chi connectivity index (χ4n) is 1.42. The van der Waals surface area contributed by atoms with E-state index in [1.807, 2.05) is 24.3 Å². The molecule has 17 heavy (non-hydrogen) atoms. The summed E-state index contributed by atoms with van der Waals surface area (Å²) >= 11 is 0. The van der Waals surface area contributed by atoms with Gasteiger partial charge in [0.1, 0.15) is 0 Å². The van der Waals surface area contributed by atoms with Gasteiger partial charge in [-0.3, -0.25) is 4.79 Å². The fourth-order valence-corrected chi connectivity index (χ4v) is 1.42. The first-order chi connectivity index (χ1) is 7.99. The van der Waals surface area contributed by atoms with Crippen molar-refractivity contribution in [3.8, 4) is 0 Å². The van der Waals surface area contributed by atoms with Crippen molar-refractivity contribution in [1.29, 1.82) is 0 Å². The van der Waals surface area contributed by atoms with Crippen LogP contribution in [-0.2, 0) is 11.3 Å². The third-order valence-corrected chi connectivity index (χ3v) is 2.90. The second-order valence-electron chi connectivity index (χ2n) is 4.79. The predicted octanol–water partition coefficient (Wildman–Crippen LogP) is 2.78. The zero-order chi connectivity index (χ0) is 12.8. The van der Waals surface area contributed by atoms with Crippen molar-refractivity contribution in [3.63, 3.8) is 0 Å². The van der Waals surface area contributed by atoms with Gasteiger partial charge in [-0.15, -0.1) is 0 Å². The average Bonchev–Trinajstić information content (AvgIpc) is 2.26. The van der Waals surface area contributed by atoms with Gasteiger partial charge in [-0.05, 0) is 30.5 Å². The molecule has 1 atom stereocenters. The lowest BCUT2D eigenvalue weighted by molar-refractivity contribution is -0.114. The third-order valence-electron chi connectivity index (χ3n) is 2.90. The highest BCUT2D eigenvalue weighted by Gasteiger charge is 2.05. The molecule has 3 heteroatoms. The van der Waals surface area contributed by atoms with E-state index in [-0.39, 0.29) is 5.91 Å². The summed E-state index contributed by atoms with van der Waals surface area (Å²) in [6.07, 6.45) is 0. The molecular weight excluding hydrogens is 212 g/mol. The molecule has 1 aromatic rings. The molecule has 0 spiro atoms. The van der Waals surface area contributed by atoms with Crippen LogP contribution < -0.4 is 10.6 Å². The summed E-state index contributed by atoms with van der Waals surface area (Å²) < 4.78 is 0. The maximum Gasteiger partial charge on any atom is 0.221 e. The van der Waals surface area contributed by atoms with Gasteiger partial charge in [-0.2, -0.15) is 0 Å². The Balaban J connectivity index is 2.48. The molecule has 3 nitrogen and oxygen atoms in total. The van der Waals surface area contributed by atoms with Crippen LogP contribution in [0.15, 0.2) is 24.3 Å². The fraction of sp³-hybridized carbons (Fsp3) is 0.500. The number of amides is 1. The Morgan fingerprint density at radius 1 is 1.18 bits per heavy atom. The van der Waals surface area contributed by atoms with E-state index in [0.717, 1.165) is 12.2 Å². The minimum Gasteiger partial charge on any atom is -0.326 e. The van der Waals surface area contributed by atoms with Crippen molar-refractivity contribution in [2.75, 3.05) is 5.32 Å². The molecule has 1 rings (SSSR count). The number of carbonyl (C=O) groups excluding carboxylic acids is 1. The number of nitrogens with one attached hydrogen (secondary N) is 2. The SMILES string of the molecule is CC(=O)Nc1ccc(CNC(C)C(C)C)cc1. The van der Waals surface area contributed by atoms with Crippen LogP contribution in [0.1, 0.15) is 33.3 Å². The zero-order valence-corrected chi connectivity index (χ0v) is 11.1. The van der Waals surface area contributed by atoms with E-state index in [2.05, 4.69) is 31.4 Å². The Morgan fingerprint density at radius 2 is 1.76 bits per heavy atom. The minimum absolute atomic E-state index is 0.0377. The monoisotopic (exact) mass is 234 g/mol. The van der Waals surface area contributed by atoms with Gasteiger partial charge in [-0.25, -0.2) is 0 Å². The molecule has 0 radical (unpaired) electrons. The first-order valence-electron chi connectivity index (χ1n) is 6.09. The van der Waals surface area contributed by atoms with Crippen molar-refractivity contribution < 1.29 is 4.79 Å². The van der Waals surface area contributed by atoms with Crippen molar-refractivity contribution in [3.05, 3.63) is 29.8 Å². The molecule has 0 aliphatic heterocycles. The molecule has 1 aromatic carbocycles. The van der Waals surface area contributed by atoms with Crippen molar-refractivity contribution in [1.82, 2.24) is 5.32 Å². The Kier molecular flexibility index (Phi) is 5.16. The average molecular weight is 234 g/mol. The Bertz CT molecular complexity index is 357. The standard InChI is InChI=1S/C14H22N2O/c1-10(2)11(3)15-9-13-5-7-14(8-6-13)16-12(4)17/h5-8,10-11,15H,9H2,1-4H3,(H,16,17). The van der Waals surface area contributed by atoms with E-state index in [4.69, 9.17) is 0 Å². The Labute approximate surface area is 104 Å². The lowest BCUT2D eigenvalue weighted by Crippen LogP contribution is -2.30. The van der Waals surface area contributed by atoms with E-state index in [0.29, 0.717) is 12.0 Å². The summed E-state index contributed by atoms with van der Waals surface area (Å²) in [5.41, 5.74) is 2.07. The van der Waals surface area contributed by atoms with Gasteiger partial charge in [0, 0.05) is 25.2 Å². The lowest BCUT2D eigenvalue weighted by Gasteiger charge is -2.17. The summed E-state index contributed by atoms with van der Waals surface area (Å²) in [6.45, 7) is 8.98. The molecule has 0 bridgehead atoms. The van der Waals surface area contributed by atoms with Crippen LogP contribution in [-0.4, -0.2) is 11.9 Å². The summed E-state index contributed by atoms with van der Waals surface area (Å²) in [4.78, 5) is 10.9. The second-order valence-corrected chi connectivity index (χ2v) is 4.79. The molecule has 0 heterocycles. The topological polar surface area (TPSA) is 41.1 Å². The van der Waals surface area contributed by atoms with Crippen LogP contribution in [0, 0.1) is 5.92 Å². The molecule has 0 saturated carbocycles. The number of hydrogen-bond donors (Lipinski definition) is 2. The van der Waals surface area contributed by atoms with Crippen LogP contribution in [0.2, 0.25) is 0 Å². The van der Waals surface area contributed by atoms with Crippen LogP contribution >= 0.6 is 0 Å². The van der Waals surface area contributed by atoms with Crippen molar-refractivity contribution in [2.45, 2.75) is 40.3 Å². The first-order valence-corrected chi connectivity index (χ1v) is 6.09. The van der Waals surface area contributed by atoms with E-state index in [1.165, 1.54) is 12.5 Å². The predicted molar refractivity (Wildman–Crippen MR) is 71.9 cm³/mol. The molecule has 1 unspecified atom stereocenters. The highest BCUT2D eigenvalue weighted by atomic mass is 16.1. The van der Waals surface area contributed by atoms with Crippen LogP contribution in [0.3, 0.4) is 0 Å². The smallest absolute Gasteiger partial charge is 0.221 e. The van der Waals surface area contributed by atoms with Crippen LogP contribution in [0.25, 0.3) is 0 Å². The molecule has 0 aliphatic rings. The third kappa shape index (κ3) is 5.00. The van der Waals surface area contributed by atoms with Gasteiger partial charge in [-0.1, -0.05) is 26.0 Å². The quantitative estimate of drug-likeness (QED) is 0.822. The van der Waals surface area contributed by atoms with Gasteiger partial charge < -0.3 is 10.6 Å². The molecule has 0 aliphatic carbocycles. The Hall–Kier alpha value is -1.35. The first kappa shape index (κ1) is 13.7. The molecule has 0 fully saturated rings. The summed E-state index contributed by atoms with van der Waals surface area (Å²) in [7, 11) is 0. The number of anilines is 1. The molecule has 0 saturated heterocycles. The van der Waals surface area contributed by atoms with Crippen molar-refractivity contribution in [2.24, 2.45) is 5.92 Å². The van der Waals surface area contributed by atoms with Gasteiger partial charge in [0.2, 0.25) is 5.91 Å².